The van der Waals surface area contributed by atoms with Crippen LogP contribution in [0.4, 0.5) is 4.39 Å². The molecular weight excluding hydrogens is 387 g/mol. The van der Waals surface area contributed by atoms with E-state index in [9.17, 15) is 19.2 Å². The van der Waals surface area contributed by atoms with Crippen molar-refractivity contribution in [1.29, 1.82) is 0 Å². The van der Waals surface area contributed by atoms with Crippen LogP contribution in [0.15, 0.2) is 0 Å². The summed E-state index contributed by atoms with van der Waals surface area (Å²) in [5, 5.41) is 12.9. The lowest BCUT2D eigenvalue weighted by Crippen LogP contribution is -2.38. The third-order valence-electron chi connectivity index (χ3n) is 6.48. The fraction of sp³-hybridized carbons (Fsp3) is 0.727. The molecule has 1 atom stereocenters. The molecule has 0 aliphatic heterocycles. The average molecular weight is 421 g/mol. The second-order valence-corrected chi connectivity index (χ2v) is 8.86. The number of nitrogens with one attached hydrogen (secondary N) is 1. The molecule has 2 fully saturated rings. The largest absolute Gasteiger partial charge is 0.350 e. The first kappa shape index (κ1) is 22.6. The second-order valence-electron chi connectivity index (χ2n) is 8.86. The predicted octanol–water partition coefficient (Wildman–Crippen LogP) is 3.32. The van der Waals surface area contributed by atoms with Gasteiger partial charge in [0.05, 0.1) is 30.4 Å². The zero-order valence-electron chi connectivity index (χ0n) is 17.8. The molecule has 1 heterocycles. The Balaban J connectivity index is 1.64. The molecule has 0 aromatic carbocycles. The molecule has 7 nitrogen and oxygen atoms in total. The van der Waals surface area contributed by atoms with Crippen LogP contribution in [0.25, 0.3) is 0 Å². The Morgan fingerprint density at radius 3 is 2.40 bits per heavy atom. The molecule has 8 heteroatoms. The maximum atomic E-state index is 15.0. The van der Waals surface area contributed by atoms with Crippen molar-refractivity contribution in [3.05, 3.63) is 23.0 Å². The molecular formula is C22H33FN4O3. The van der Waals surface area contributed by atoms with Gasteiger partial charge in [0.15, 0.2) is 5.82 Å². The Morgan fingerprint density at radius 2 is 1.77 bits per heavy atom. The summed E-state index contributed by atoms with van der Waals surface area (Å²) >= 11 is 0. The number of aromatic nitrogens is 2. The lowest BCUT2D eigenvalue weighted by atomic mass is 9.92. The summed E-state index contributed by atoms with van der Waals surface area (Å²) < 4.78 is 15.0. The van der Waals surface area contributed by atoms with Crippen LogP contribution in [0.3, 0.4) is 0 Å². The smallest absolute Gasteiger partial charge is 0.233 e. The average Bonchev–Trinajstić information content (AvgIpc) is 3.42. The number of nitrogens with zero attached hydrogens (tertiary/aromatic N) is 3. The van der Waals surface area contributed by atoms with E-state index in [2.05, 4.69) is 15.3 Å². The molecule has 30 heavy (non-hydrogen) atoms. The van der Waals surface area contributed by atoms with Crippen molar-refractivity contribution in [3.63, 3.8) is 0 Å². The van der Waals surface area contributed by atoms with Gasteiger partial charge in [-0.15, -0.1) is 0 Å². The highest BCUT2D eigenvalue weighted by Gasteiger charge is 2.27. The van der Waals surface area contributed by atoms with Gasteiger partial charge in [-0.3, -0.25) is 14.8 Å². The van der Waals surface area contributed by atoms with Crippen LogP contribution in [0.5, 0.6) is 0 Å². The van der Waals surface area contributed by atoms with Crippen molar-refractivity contribution in [1.82, 2.24) is 20.3 Å². The Kier molecular flexibility index (Phi) is 8.13. The van der Waals surface area contributed by atoms with E-state index in [1.54, 1.807) is 6.92 Å². The van der Waals surface area contributed by atoms with Crippen LogP contribution in [-0.4, -0.2) is 39.1 Å². The third-order valence-corrected chi connectivity index (χ3v) is 6.48. The highest BCUT2D eigenvalue weighted by Crippen LogP contribution is 2.31. The molecule has 2 saturated carbocycles. The minimum atomic E-state index is -0.535. The van der Waals surface area contributed by atoms with E-state index in [1.165, 1.54) is 12.8 Å². The maximum Gasteiger partial charge on any atom is 0.233 e. The molecule has 1 aromatic heterocycles. The Labute approximate surface area is 177 Å². The van der Waals surface area contributed by atoms with Crippen molar-refractivity contribution in [2.45, 2.75) is 77.7 Å². The number of hydrogen-bond acceptors (Lipinski definition) is 5. The monoisotopic (exact) mass is 420 g/mol. The SMILES string of the molecule is Cc1nc(CNC(=O)[C@H](CC2CCCC2)CN(O)C=O)c(F)c(CC2CCCC2)n1. The summed E-state index contributed by atoms with van der Waals surface area (Å²) in [5.41, 5.74) is 0.628. The van der Waals surface area contributed by atoms with Gasteiger partial charge in [-0.05, 0) is 31.6 Å². The number of carbonyl (C=O) groups excluding carboxylic acids is 2. The van der Waals surface area contributed by atoms with E-state index >= 15 is 0 Å². The third kappa shape index (κ3) is 6.20. The lowest BCUT2D eigenvalue weighted by molar-refractivity contribution is -0.155. The predicted molar refractivity (Wildman–Crippen MR) is 109 cm³/mol. The molecule has 2 N–H and O–H groups in total. The first-order valence-corrected chi connectivity index (χ1v) is 11.2. The fourth-order valence-corrected chi connectivity index (χ4v) is 4.92. The van der Waals surface area contributed by atoms with Gasteiger partial charge in [-0.1, -0.05) is 51.4 Å². The second kappa shape index (κ2) is 10.8. The van der Waals surface area contributed by atoms with Crippen molar-refractivity contribution in [2.75, 3.05) is 6.54 Å². The van der Waals surface area contributed by atoms with Gasteiger partial charge in [0.25, 0.3) is 0 Å². The molecule has 2 aliphatic rings. The molecule has 0 bridgehead atoms. The highest BCUT2D eigenvalue weighted by atomic mass is 19.1. The van der Waals surface area contributed by atoms with Gasteiger partial charge < -0.3 is 5.32 Å². The summed E-state index contributed by atoms with van der Waals surface area (Å²) in [5.74, 6) is 0.112. The molecule has 166 valence electrons. The van der Waals surface area contributed by atoms with Crippen molar-refractivity contribution >= 4 is 12.3 Å². The van der Waals surface area contributed by atoms with E-state index < -0.39 is 11.7 Å². The van der Waals surface area contributed by atoms with Crippen molar-refractivity contribution in [3.8, 4) is 0 Å². The van der Waals surface area contributed by atoms with E-state index in [4.69, 9.17) is 0 Å². The highest BCUT2D eigenvalue weighted by molar-refractivity contribution is 5.79. The number of carbonyl (C=O) groups is 2. The van der Waals surface area contributed by atoms with Crippen LogP contribution < -0.4 is 5.32 Å². The number of hydroxylamine groups is 2. The standard InChI is InChI=1S/C22H33FN4O3/c1-15-25-19(11-17-8-4-5-9-17)21(23)20(26-15)12-24-22(29)18(13-27(30)14-28)10-16-6-2-3-7-16/h14,16-18,30H,2-13H2,1H3,(H,24,29)/t18-/m1/s1. The molecule has 0 saturated heterocycles. The van der Waals surface area contributed by atoms with Crippen molar-refractivity contribution < 1.29 is 19.2 Å². The molecule has 0 spiro atoms. The lowest BCUT2D eigenvalue weighted by Gasteiger charge is -2.22. The summed E-state index contributed by atoms with van der Waals surface area (Å²) in [6.07, 6.45) is 10.5. The van der Waals surface area contributed by atoms with Gasteiger partial charge in [-0.2, -0.15) is 0 Å². The summed E-state index contributed by atoms with van der Waals surface area (Å²) in [7, 11) is 0. The van der Waals surface area contributed by atoms with Crippen LogP contribution in [0, 0.1) is 30.5 Å². The number of rotatable bonds is 10. The molecule has 3 rings (SSSR count). The molecule has 0 unspecified atom stereocenters. The Hall–Kier alpha value is -2.09. The van der Waals surface area contributed by atoms with E-state index in [0.717, 1.165) is 38.5 Å². The molecule has 1 aromatic rings. The van der Waals surface area contributed by atoms with E-state index in [-0.39, 0.29) is 24.7 Å². The number of amides is 2. The molecule has 2 amide bonds. The van der Waals surface area contributed by atoms with Crippen LogP contribution in [0.2, 0.25) is 0 Å². The zero-order chi connectivity index (χ0) is 21.5. The van der Waals surface area contributed by atoms with Crippen LogP contribution >= 0.6 is 0 Å². The van der Waals surface area contributed by atoms with Gasteiger partial charge in [-0.25, -0.2) is 19.4 Å². The Morgan fingerprint density at radius 1 is 1.17 bits per heavy atom. The first-order valence-electron chi connectivity index (χ1n) is 11.2. The fourth-order valence-electron chi connectivity index (χ4n) is 4.92. The van der Waals surface area contributed by atoms with Crippen LogP contribution in [-0.2, 0) is 22.6 Å². The minimum absolute atomic E-state index is 0.0284. The van der Waals surface area contributed by atoms with Crippen molar-refractivity contribution in [2.24, 2.45) is 17.8 Å². The minimum Gasteiger partial charge on any atom is -0.350 e. The van der Waals surface area contributed by atoms with E-state index in [0.29, 0.717) is 47.7 Å². The maximum absolute atomic E-state index is 15.0. The molecule has 2 aliphatic carbocycles. The first-order chi connectivity index (χ1) is 14.5. The number of halogens is 1. The topological polar surface area (TPSA) is 95.4 Å². The Bertz CT molecular complexity index is 733. The summed E-state index contributed by atoms with van der Waals surface area (Å²) in [6, 6.07) is 0. The normalized spacial score (nSPS) is 18.5. The van der Waals surface area contributed by atoms with Crippen LogP contribution in [0.1, 0.15) is 75.0 Å². The van der Waals surface area contributed by atoms with Gasteiger partial charge in [0.1, 0.15) is 5.82 Å². The number of aryl methyl sites for hydroxylation is 1. The summed E-state index contributed by atoms with van der Waals surface area (Å²) in [4.78, 5) is 32.1. The molecule has 0 radical (unpaired) electrons. The zero-order valence-corrected chi connectivity index (χ0v) is 17.8. The van der Waals surface area contributed by atoms with Gasteiger partial charge in [0.2, 0.25) is 12.3 Å². The van der Waals surface area contributed by atoms with Gasteiger partial charge in [0, 0.05) is 0 Å². The van der Waals surface area contributed by atoms with E-state index in [1.807, 2.05) is 0 Å². The number of hydrogen-bond donors (Lipinski definition) is 2. The summed E-state index contributed by atoms with van der Waals surface area (Å²) in [6.45, 7) is 1.64. The quantitative estimate of drug-likeness (QED) is 0.344. The van der Waals surface area contributed by atoms with Gasteiger partial charge >= 0.3 is 0 Å².